The Morgan fingerprint density at radius 2 is 1.77 bits per heavy atom. The minimum Gasteiger partial charge on any atom is -0.467 e. The van der Waals surface area contributed by atoms with E-state index in [0.717, 1.165) is 59.8 Å². The van der Waals surface area contributed by atoms with Crippen molar-refractivity contribution in [2.45, 2.75) is 46.3 Å². The fourth-order valence-corrected chi connectivity index (χ4v) is 6.52. The van der Waals surface area contributed by atoms with Crippen molar-refractivity contribution in [3.8, 4) is 33.2 Å². The highest BCUT2D eigenvalue weighted by molar-refractivity contribution is 7.22. The number of benzene rings is 2. The van der Waals surface area contributed by atoms with Gasteiger partial charge in [0, 0.05) is 35.0 Å². The van der Waals surface area contributed by atoms with Crippen molar-refractivity contribution in [1.29, 1.82) is 0 Å². The normalized spacial score (nSPS) is 12.6. The molecule has 9 nitrogen and oxygen atoms in total. The molecule has 6 aromatic rings. The first-order valence-electron chi connectivity index (χ1n) is 14.0. The lowest BCUT2D eigenvalue weighted by atomic mass is 9.91. The molecule has 0 saturated carbocycles. The zero-order valence-corrected chi connectivity index (χ0v) is 27.0. The van der Waals surface area contributed by atoms with Gasteiger partial charge in [-0.1, -0.05) is 23.7 Å². The zero-order valence-electron chi connectivity index (χ0n) is 25.5. The second-order valence-electron chi connectivity index (χ2n) is 11.6. The highest BCUT2D eigenvalue weighted by Gasteiger charge is 2.33. The fourth-order valence-electron chi connectivity index (χ4n) is 5.28. The largest absolute Gasteiger partial charge is 0.467 e. The topological polar surface area (TPSA) is 105 Å². The monoisotopic (exact) mass is 626 g/mol. The van der Waals surface area contributed by atoms with Crippen LogP contribution in [0.25, 0.3) is 54.5 Å². The lowest BCUT2D eigenvalue weighted by molar-refractivity contribution is -0.164. The van der Waals surface area contributed by atoms with Gasteiger partial charge >= 0.3 is 5.97 Å². The summed E-state index contributed by atoms with van der Waals surface area (Å²) >= 11 is 7.81. The number of carbonyl (C=O) groups is 1. The minimum atomic E-state index is -0.948. The number of fused-ring (bicyclic) bond motifs is 2. The second-order valence-corrected chi connectivity index (χ2v) is 13.0. The number of pyridine rings is 1. The number of aromatic nitrogens is 6. The molecule has 0 bridgehead atoms. The average Bonchev–Trinajstić information content (AvgIpc) is 3.54. The van der Waals surface area contributed by atoms with Crippen LogP contribution in [0, 0.1) is 13.8 Å². The molecule has 0 saturated heterocycles. The number of rotatable bonds is 6. The van der Waals surface area contributed by atoms with Crippen molar-refractivity contribution in [2.75, 3.05) is 7.11 Å². The summed E-state index contributed by atoms with van der Waals surface area (Å²) in [5, 5.41) is 5.86. The Labute approximate surface area is 263 Å². The van der Waals surface area contributed by atoms with Crippen molar-refractivity contribution < 1.29 is 14.3 Å². The first-order valence-corrected chi connectivity index (χ1v) is 15.2. The zero-order chi connectivity index (χ0) is 31.3. The molecule has 0 spiro atoms. The van der Waals surface area contributed by atoms with E-state index in [1.807, 2.05) is 84.1 Å². The minimum absolute atomic E-state index is 0.470. The Kier molecular flexibility index (Phi) is 7.69. The SMILES string of the molecule is COC(=O)[C@@H](OC(C)(C)C)c1c(C)cc2nc(-c3ccnc(-c4ncc5c(n4)c(C)nn5C)c3)sc2c1-c1ccc(Cl)cc1. The summed E-state index contributed by atoms with van der Waals surface area (Å²) in [6.07, 6.45) is 2.56. The van der Waals surface area contributed by atoms with Crippen molar-refractivity contribution in [3.05, 3.63) is 76.7 Å². The third-order valence-electron chi connectivity index (χ3n) is 7.21. The predicted molar refractivity (Wildman–Crippen MR) is 174 cm³/mol. The highest BCUT2D eigenvalue weighted by Crippen LogP contribution is 2.44. The molecular weight excluding hydrogens is 596 g/mol. The van der Waals surface area contributed by atoms with Gasteiger partial charge in [0.1, 0.15) is 21.7 Å². The van der Waals surface area contributed by atoms with Gasteiger partial charge in [0.05, 0.1) is 34.8 Å². The Hall–Kier alpha value is -4.25. The number of carbonyl (C=O) groups excluding carboxylic acids is 1. The molecule has 2 aromatic carbocycles. The lowest BCUT2D eigenvalue weighted by Crippen LogP contribution is -2.29. The molecule has 0 fully saturated rings. The summed E-state index contributed by atoms with van der Waals surface area (Å²) in [5.41, 5.74) is 7.53. The number of ether oxygens (including phenoxy) is 2. The summed E-state index contributed by atoms with van der Waals surface area (Å²) in [5.74, 6) is 0.0405. The maximum absolute atomic E-state index is 13.2. The molecule has 0 radical (unpaired) electrons. The quantitative estimate of drug-likeness (QED) is 0.173. The van der Waals surface area contributed by atoms with Crippen LogP contribution in [0.1, 0.15) is 43.7 Å². The third-order valence-corrected chi connectivity index (χ3v) is 8.60. The number of esters is 1. The smallest absolute Gasteiger partial charge is 0.339 e. The van der Waals surface area contributed by atoms with Crippen molar-refractivity contribution in [3.63, 3.8) is 0 Å². The van der Waals surface area contributed by atoms with E-state index in [4.69, 9.17) is 31.0 Å². The molecule has 0 amide bonds. The van der Waals surface area contributed by atoms with E-state index in [-0.39, 0.29) is 0 Å². The van der Waals surface area contributed by atoms with Gasteiger partial charge in [-0.3, -0.25) is 9.67 Å². The molecule has 44 heavy (non-hydrogen) atoms. The Bertz CT molecular complexity index is 2050. The van der Waals surface area contributed by atoms with Crippen molar-refractivity contribution in [2.24, 2.45) is 7.05 Å². The van der Waals surface area contributed by atoms with E-state index in [2.05, 4.69) is 15.1 Å². The van der Waals surface area contributed by atoms with Crippen LogP contribution in [-0.4, -0.2) is 48.4 Å². The molecule has 0 aliphatic heterocycles. The number of hydrogen-bond donors (Lipinski definition) is 0. The molecular formula is C33H31ClN6O3S. The van der Waals surface area contributed by atoms with Gasteiger partial charge in [-0.15, -0.1) is 11.3 Å². The summed E-state index contributed by atoms with van der Waals surface area (Å²) in [4.78, 5) is 32.1. The molecule has 0 aliphatic rings. The van der Waals surface area contributed by atoms with E-state index in [1.54, 1.807) is 17.1 Å². The fraction of sp³-hybridized carbons (Fsp3) is 0.273. The predicted octanol–water partition coefficient (Wildman–Crippen LogP) is 7.67. The van der Waals surface area contributed by atoms with E-state index < -0.39 is 17.7 Å². The first-order chi connectivity index (χ1) is 20.9. The maximum Gasteiger partial charge on any atom is 0.339 e. The molecule has 0 unspecified atom stereocenters. The van der Waals surface area contributed by atoms with Gasteiger partial charge in [-0.25, -0.2) is 19.7 Å². The molecule has 1 atom stereocenters. The Morgan fingerprint density at radius 1 is 1.02 bits per heavy atom. The molecule has 0 aliphatic carbocycles. The summed E-state index contributed by atoms with van der Waals surface area (Å²) in [6, 6.07) is 13.4. The number of methoxy groups -OCH3 is 1. The second kappa shape index (κ2) is 11.4. The summed E-state index contributed by atoms with van der Waals surface area (Å²) < 4.78 is 14.3. The number of aryl methyl sites for hydroxylation is 3. The first kappa shape index (κ1) is 29.8. The Balaban J connectivity index is 1.53. The lowest BCUT2D eigenvalue weighted by Gasteiger charge is -2.28. The van der Waals surface area contributed by atoms with Crippen LogP contribution in [0.15, 0.2) is 54.9 Å². The molecule has 11 heteroatoms. The standard InChI is InChI=1S/C33H31ClN6O3S/c1-17-14-22-29(26(19-8-10-21(34)11-9-19)25(17)28(32(41)42-7)43-33(3,4)5)44-31(37-22)20-12-13-35-23(15-20)30-36-16-24-27(38-30)18(2)39-40(24)6/h8-16,28H,1-7H3/t28-/m0/s1. The van der Waals surface area contributed by atoms with E-state index in [0.29, 0.717) is 16.5 Å². The van der Waals surface area contributed by atoms with Gasteiger partial charge in [0.15, 0.2) is 11.9 Å². The molecule has 4 heterocycles. The van der Waals surface area contributed by atoms with Crippen molar-refractivity contribution >= 4 is 50.2 Å². The van der Waals surface area contributed by atoms with Crippen LogP contribution in [-0.2, 0) is 21.3 Å². The van der Waals surface area contributed by atoms with Crippen LogP contribution < -0.4 is 0 Å². The highest BCUT2D eigenvalue weighted by atomic mass is 35.5. The van der Waals surface area contributed by atoms with Crippen LogP contribution in [0.3, 0.4) is 0 Å². The number of nitrogens with zero attached hydrogens (tertiary/aromatic N) is 6. The van der Waals surface area contributed by atoms with Crippen molar-refractivity contribution in [1.82, 2.24) is 29.7 Å². The van der Waals surface area contributed by atoms with Crippen LogP contribution >= 0.6 is 22.9 Å². The third kappa shape index (κ3) is 5.56. The van der Waals surface area contributed by atoms with Crippen LogP contribution in [0.4, 0.5) is 0 Å². The summed E-state index contributed by atoms with van der Waals surface area (Å²) in [6.45, 7) is 9.65. The molecule has 4 aromatic heterocycles. The van der Waals surface area contributed by atoms with E-state index >= 15 is 0 Å². The molecule has 224 valence electrons. The van der Waals surface area contributed by atoms with Crippen LogP contribution in [0.2, 0.25) is 5.02 Å². The number of hydrogen-bond acceptors (Lipinski definition) is 9. The Morgan fingerprint density at radius 3 is 2.48 bits per heavy atom. The molecule has 0 N–H and O–H groups in total. The average molecular weight is 627 g/mol. The number of thiazole rings is 1. The van der Waals surface area contributed by atoms with Crippen LogP contribution in [0.5, 0.6) is 0 Å². The maximum atomic E-state index is 13.2. The van der Waals surface area contributed by atoms with Gasteiger partial charge < -0.3 is 9.47 Å². The van der Waals surface area contributed by atoms with E-state index in [1.165, 1.54) is 18.4 Å². The van der Waals surface area contributed by atoms with E-state index in [9.17, 15) is 4.79 Å². The van der Waals surface area contributed by atoms with Gasteiger partial charge in [-0.05, 0) is 76.1 Å². The van der Waals surface area contributed by atoms with Gasteiger partial charge in [0.25, 0.3) is 0 Å². The molecule has 6 rings (SSSR count). The number of halogens is 1. The summed E-state index contributed by atoms with van der Waals surface area (Å²) in [7, 11) is 3.25. The van der Waals surface area contributed by atoms with Gasteiger partial charge in [0.2, 0.25) is 0 Å². The van der Waals surface area contributed by atoms with Gasteiger partial charge in [-0.2, -0.15) is 5.10 Å².